The Morgan fingerprint density at radius 1 is 0.929 bits per heavy atom. The Morgan fingerprint density at radius 3 is 2.07 bits per heavy atom. The zero-order valence-corrected chi connectivity index (χ0v) is 17.9. The van der Waals surface area contributed by atoms with Crippen LogP contribution in [0.4, 0.5) is 4.39 Å². The summed E-state index contributed by atoms with van der Waals surface area (Å²) in [4.78, 5) is 8.00. The Balaban J connectivity index is 0.00000136. The molecule has 0 aromatic heterocycles. The van der Waals surface area contributed by atoms with Crippen LogP contribution in [-0.2, 0) is 11.2 Å². The predicted molar refractivity (Wildman–Crippen MR) is 114 cm³/mol. The second-order valence-corrected chi connectivity index (χ2v) is 8.73. The molecule has 2 aliphatic carbocycles. The zero-order chi connectivity index (χ0) is 20.4. The van der Waals surface area contributed by atoms with Crippen molar-refractivity contribution in [2.75, 3.05) is 0 Å². The molecule has 1 aromatic carbocycles. The molecular formula is C25H39FO2. The molecule has 2 nitrogen and oxygen atoms in total. The highest BCUT2D eigenvalue weighted by Crippen LogP contribution is 2.41. The van der Waals surface area contributed by atoms with Gasteiger partial charge in [-0.15, -0.1) is 0 Å². The lowest BCUT2D eigenvalue weighted by atomic mass is 9.70. The number of carbonyl (C=O) groups excluding carboxylic acids is 1. The molecule has 2 aliphatic rings. The molecule has 28 heavy (non-hydrogen) atoms. The summed E-state index contributed by atoms with van der Waals surface area (Å²) in [6, 6.07) is 5.44. The van der Waals surface area contributed by atoms with Crippen LogP contribution in [0.15, 0.2) is 18.2 Å². The van der Waals surface area contributed by atoms with Gasteiger partial charge in [0.15, 0.2) is 0 Å². The van der Waals surface area contributed by atoms with Gasteiger partial charge in [0.1, 0.15) is 18.4 Å². The minimum atomic E-state index is -0.109. The first-order valence-electron chi connectivity index (χ1n) is 11.4. The summed E-state index contributed by atoms with van der Waals surface area (Å²) in [5, 5.41) is 0. The standard InChI is InChI=1S/C24H37FO.CH2O/c1-3-5-18-7-9-19(10-8-18)20-11-14-22(15-12-20)26-23-16-13-21(6-4-2)24(25)17-23;1-2/h13,16-20,22H,3-12,14-15H2,1-2H3;1H2. The minimum Gasteiger partial charge on any atom is -0.490 e. The maximum absolute atomic E-state index is 14.1. The number of halogens is 1. The quantitative estimate of drug-likeness (QED) is 0.494. The van der Waals surface area contributed by atoms with Gasteiger partial charge in [-0.2, -0.15) is 0 Å². The number of benzene rings is 1. The van der Waals surface area contributed by atoms with Crippen LogP contribution in [0.2, 0.25) is 0 Å². The molecule has 0 radical (unpaired) electrons. The first-order chi connectivity index (χ1) is 13.7. The lowest BCUT2D eigenvalue weighted by Crippen LogP contribution is -2.29. The summed E-state index contributed by atoms with van der Waals surface area (Å²) in [5.41, 5.74) is 0.808. The molecule has 0 atom stereocenters. The van der Waals surface area contributed by atoms with Crippen molar-refractivity contribution in [3.05, 3.63) is 29.6 Å². The lowest BCUT2D eigenvalue weighted by molar-refractivity contribution is -0.0979. The third kappa shape index (κ3) is 6.60. The molecule has 0 spiro atoms. The molecule has 0 saturated heterocycles. The monoisotopic (exact) mass is 390 g/mol. The maximum Gasteiger partial charge on any atom is 0.130 e. The minimum absolute atomic E-state index is 0.109. The van der Waals surface area contributed by atoms with Gasteiger partial charge in [-0.1, -0.05) is 52.0 Å². The van der Waals surface area contributed by atoms with E-state index in [2.05, 4.69) is 13.8 Å². The fraction of sp³-hybridized carbons (Fsp3) is 0.720. The number of hydrogen-bond acceptors (Lipinski definition) is 2. The van der Waals surface area contributed by atoms with E-state index in [9.17, 15) is 4.39 Å². The molecule has 3 rings (SSSR count). The van der Waals surface area contributed by atoms with Gasteiger partial charge in [0.05, 0.1) is 6.10 Å². The van der Waals surface area contributed by atoms with Crippen LogP contribution in [0.3, 0.4) is 0 Å². The van der Waals surface area contributed by atoms with Gasteiger partial charge in [0, 0.05) is 6.07 Å². The number of carbonyl (C=O) groups is 1. The van der Waals surface area contributed by atoms with E-state index in [1.807, 2.05) is 18.9 Å². The van der Waals surface area contributed by atoms with E-state index in [0.29, 0.717) is 5.75 Å². The van der Waals surface area contributed by atoms with E-state index in [0.717, 1.165) is 49.0 Å². The van der Waals surface area contributed by atoms with E-state index in [-0.39, 0.29) is 11.9 Å². The lowest BCUT2D eigenvalue weighted by Gasteiger charge is -2.37. The fourth-order valence-electron chi connectivity index (χ4n) is 5.30. The summed E-state index contributed by atoms with van der Waals surface area (Å²) < 4.78 is 20.2. The SMILES string of the molecule is C=O.CCCc1ccc(OC2CCC(C3CCC(CCC)CC3)CC2)cc1F. The predicted octanol–water partition coefficient (Wildman–Crippen LogP) is 7.14. The fourth-order valence-corrected chi connectivity index (χ4v) is 5.30. The highest BCUT2D eigenvalue weighted by molar-refractivity contribution is 5.29. The third-order valence-electron chi connectivity index (χ3n) is 6.82. The van der Waals surface area contributed by atoms with Gasteiger partial charge in [-0.25, -0.2) is 4.39 Å². The molecule has 0 heterocycles. The second-order valence-electron chi connectivity index (χ2n) is 8.73. The molecule has 3 heteroatoms. The summed E-state index contributed by atoms with van der Waals surface area (Å²) in [6.45, 7) is 6.40. The molecule has 0 amide bonds. The van der Waals surface area contributed by atoms with Gasteiger partial charge < -0.3 is 9.53 Å². The first kappa shape index (κ1) is 22.9. The Hall–Kier alpha value is -1.38. The highest BCUT2D eigenvalue weighted by atomic mass is 19.1. The summed E-state index contributed by atoms with van der Waals surface area (Å²) in [5.74, 6) is 3.46. The molecule has 0 bridgehead atoms. The van der Waals surface area contributed by atoms with Crippen molar-refractivity contribution >= 4 is 6.79 Å². The average Bonchev–Trinajstić information content (AvgIpc) is 2.73. The zero-order valence-electron chi connectivity index (χ0n) is 17.9. The van der Waals surface area contributed by atoms with Crippen molar-refractivity contribution in [2.24, 2.45) is 17.8 Å². The van der Waals surface area contributed by atoms with Crippen LogP contribution in [-0.4, -0.2) is 12.9 Å². The largest absolute Gasteiger partial charge is 0.490 e. The van der Waals surface area contributed by atoms with E-state index >= 15 is 0 Å². The first-order valence-corrected chi connectivity index (χ1v) is 11.4. The summed E-state index contributed by atoms with van der Waals surface area (Å²) >= 11 is 0. The Morgan fingerprint density at radius 2 is 1.54 bits per heavy atom. The molecule has 158 valence electrons. The smallest absolute Gasteiger partial charge is 0.130 e. The number of ether oxygens (including phenoxy) is 1. The van der Waals surface area contributed by atoms with E-state index in [1.165, 1.54) is 51.4 Å². The van der Waals surface area contributed by atoms with Gasteiger partial charge in [-0.3, -0.25) is 0 Å². The van der Waals surface area contributed by atoms with Crippen molar-refractivity contribution in [3.63, 3.8) is 0 Å². The van der Waals surface area contributed by atoms with Gasteiger partial charge >= 0.3 is 0 Å². The highest BCUT2D eigenvalue weighted by Gasteiger charge is 2.31. The number of hydrogen-bond donors (Lipinski definition) is 0. The van der Waals surface area contributed by atoms with Gasteiger partial charge in [0.25, 0.3) is 0 Å². The van der Waals surface area contributed by atoms with Crippen LogP contribution < -0.4 is 4.74 Å². The van der Waals surface area contributed by atoms with Crippen LogP contribution in [0.5, 0.6) is 5.75 Å². The van der Waals surface area contributed by atoms with Gasteiger partial charge in [0.2, 0.25) is 0 Å². The van der Waals surface area contributed by atoms with E-state index < -0.39 is 0 Å². The Labute approximate surface area is 171 Å². The molecule has 0 N–H and O–H groups in total. The molecule has 2 fully saturated rings. The van der Waals surface area contributed by atoms with Crippen LogP contribution in [0, 0.1) is 23.6 Å². The summed E-state index contributed by atoms with van der Waals surface area (Å²) in [6.07, 6.45) is 15.5. The van der Waals surface area contributed by atoms with Crippen LogP contribution >= 0.6 is 0 Å². The van der Waals surface area contributed by atoms with Crippen LogP contribution in [0.25, 0.3) is 0 Å². The molecule has 0 aliphatic heterocycles. The van der Waals surface area contributed by atoms with Crippen molar-refractivity contribution in [3.8, 4) is 5.75 Å². The maximum atomic E-state index is 14.1. The van der Waals surface area contributed by atoms with Crippen molar-refractivity contribution < 1.29 is 13.9 Å². The topological polar surface area (TPSA) is 26.3 Å². The molecular weight excluding hydrogens is 351 g/mol. The Bertz CT molecular complexity index is 558. The normalized spacial score (nSPS) is 27.5. The molecule has 0 unspecified atom stereocenters. The Kier molecular flexibility index (Phi) is 10.0. The van der Waals surface area contributed by atoms with Crippen LogP contribution in [0.1, 0.15) is 90.0 Å². The molecule has 1 aromatic rings. The number of rotatable bonds is 7. The van der Waals surface area contributed by atoms with Crippen molar-refractivity contribution in [2.45, 2.75) is 97.0 Å². The second kappa shape index (κ2) is 12.2. The van der Waals surface area contributed by atoms with E-state index in [1.54, 1.807) is 6.07 Å². The third-order valence-corrected chi connectivity index (χ3v) is 6.82. The molecule has 2 saturated carbocycles. The van der Waals surface area contributed by atoms with Gasteiger partial charge in [-0.05, 0) is 74.3 Å². The average molecular weight is 391 g/mol. The van der Waals surface area contributed by atoms with E-state index in [4.69, 9.17) is 9.53 Å². The van der Waals surface area contributed by atoms with Crippen molar-refractivity contribution in [1.82, 2.24) is 0 Å². The summed E-state index contributed by atoms with van der Waals surface area (Å²) in [7, 11) is 0. The number of aryl methyl sites for hydroxylation is 1. The van der Waals surface area contributed by atoms with Crippen molar-refractivity contribution in [1.29, 1.82) is 0 Å².